The van der Waals surface area contributed by atoms with Crippen LogP contribution in [-0.2, 0) is 4.79 Å². The molecule has 2 unspecified atom stereocenters. The smallest absolute Gasteiger partial charge is 0.123 e. The molecule has 0 aromatic heterocycles. The first-order valence-electron chi connectivity index (χ1n) is 5.68. The van der Waals surface area contributed by atoms with Crippen molar-refractivity contribution in [1.29, 1.82) is 0 Å². The summed E-state index contributed by atoms with van der Waals surface area (Å²) in [7, 11) is 0. The predicted molar refractivity (Wildman–Crippen MR) is 54.0 cm³/mol. The van der Waals surface area contributed by atoms with Crippen LogP contribution in [0, 0.1) is 5.92 Å². The Morgan fingerprint density at radius 2 is 1.86 bits per heavy atom. The highest BCUT2D eigenvalue weighted by molar-refractivity contribution is 5.53. The van der Waals surface area contributed by atoms with Gasteiger partial charge in [0.15, 0.2) is 0 Å². The molecule has 2 rings (SSSR count). The topological polar surface area (TPSA) is 40.5 Å². The van der Waals surface area contributed by atoms with Crippen LogP contribution in [0.1, 0.15) is 32.1 Å². The third-order valence-corrected chi connectivity index (χ3v) is 3.68. The van der Waals surface area contributed by atoms with Crippen molar-refractivity contribution in [2.24, 2.45) is 5.92 Å². The summed E-state index contributed by atoms with van der Waals surface area (Å²) in [6.07, 6.45) is 6.16. The van der Waals surface area contributed by atoms with Gasteiger partial charge in [-0.25, -0.2) is 0 Å². The van der Waals surface area contributed by atoms with E-state index in [4.69, 9.17) is 0 Å². The number of piperidine rings is 1. The van der Waals surface area contributed by atoms with Crippen LogP contribution in [0.2, 0.25) is 0 Å². The average molecular weight is 197 g/mol. The van der Waals surface area contributed by atoms with E-state index in [2.05, 4.69) is 4.90 Å². The number of likely N-dealkylation sites (tertiary alicyclic amines) is 1. The van der Waals surface area contributed by atoms with Crippen LogP contribution in [0.15, 0.2) is 0 Å². The van der Waals surface area contributed by atoms with Gasteiger partial charge in [0, 0.05) is 12.0 Å². The van der Waals surface area contributed by atoms with E-state index in [-0.39, 0.29) is 12.0 Å². The second-order valence-corrected chi connectivity index (χ2v) is 4.58. The van der Waals surface area contributed by atoms with Crippen LogP contribution >= 0.6 is 0 Å². The minimum Gasteiger partial charge on any atom is -0.391 e. The van der Waals surface area contributed by atoms with Crippen molar-refractivity contribution in [2.75, 3.05) is 13.1 Å². The van der Waals surface area contributed by atoms with Crippen molar-refractivity contribution in [3.05, 3.63) is 0 Å². The van der Waals surface area contributed by atoms with Crippen molar-refractivity contribution < 1.29 is 9.90 Å². The molecule has 0 spiro atoms. The number of hydrogen-bond donors (Lipinski definition) is 1. The second-order valence-electron chi connectivity index (χ2n) is 4.58. The van der Waals surface area contributed by atoms with Gasteiger partial charge in [-0.15, -0.1) is 0 Å². The van der Waals surface area contributed by atoms with E-state index in [0.29, 0.717) is 6.04 Å². The van der Waals surface area contributed by atoms with E-state index in [9.17, 15) is 9.90 Å². The maximum absolute atomic E-state index is 10.6. The average Bonchev–Trinajstić information content (AvgIpc) is 2.65. The first-order chi connectivity index (χ1) is 6.81. The largest absolute Gasteiger partial charge is 0.391 e. The quantitative estimate of drug-likeness (QED) is 0.666. The van der Waals surface area contributed by atoms with Gasteiger partial charge in [0.05, 0.1) is 6.10 Å². The van der Waals surface area contributed by atoms with Crippen LogP contribution in [0.25, 0.3) is 0 Å². The van der Waals surface area contributed by atoms with Crippen molar-refractivity contribution in [3.8, 4) is 0 Å². The maximum Gasteiger partial charge on any atom is 0.123 e. The first kappa shape index (κ1) is 10.1. The number of carbonyl (C=O) groups excluding carboxylic acids is 1. The van der Waals surface area contributed by atoms with Crippen LogP contribution in [0.3, 0.4) is 0 Å². The predicted octanol–water partition coefficient (Wildman–Crippen LogP) is 0.811. The van der Waals surface area contributed by atoms with Gasteiger partial charge in [0.2, 0.25) is 0 Å². The second kappa shape index (κ2) is 4.41. The SMILES string of the molecule is O=CC1CCN(C2CCCC2O)CC1. The third kappa shape index (κ3) is 1.98. The van der Waals surface area contributed by atoms with Gasteiger partial charge >= 0.3 is 0 Å². The zero-order chi connectivity index (χ0) is 9.97. The highest BCUT2D eigenvalue weighted by atomic mass is 16.3. The molecule has 2 aliphatic rings. The summed E-state index contributed by atoms with van der Waals surface area (Å²) >= 11 is 0. The highest BCUT2D eigenvalue weighted by Gasteiger charge is 2.32. The van der Waals surface area contributed by atoms with Gasteiger partial charge in [0.1, 0.15) is 6.29 Å². The molecule has 2 fully saturated rings. The van der Waals surface area contributed by atoms with Crippen LogP contribution in [-0.4, -0.2) is 41.5 Å². The molecule has 0 aromatic carbocycles. The molecule has 3 nitrogen and oxygen atoms in total. The minimum atomic E-state index is -0.122. The Bertz CT molecular complexity index is 199. The van der Waals surface area contributed by atoms with E-state index < -0.39 is 0 Å². The Kier molecular flexibility index (Phi) is 3.19. The van der Waals surface area contributed by atoms with Gasteiger partial charge < -0.3 is 9.90 Å². The maximum atomic E-state index is 10.6. The fourth-order valence-corrected chi connectivity index (χ4v) is 2.73. The number of aliphatic hydroxyl groups excluding tert-OH is 1. The molecule has 1 aliphatic heterocycles. The fourth-order valence-electron chi connectivity index (χ4n) is 2.73. The lowest BCUT2D eigenvalue weighted by Crippen LogP contribution is -2.45. The van der Waals surface area contributed by atoms with E-state index in [0.717, 1.165) is 51.5 Å². The van der Waals surface area contributed by atoms with Crippen LogP contribution in [0.4, 0.5) is 0 Å². The molecule has 2 atom stereocenters. The molecule has 1 heterocycles. The lowest BCUT2D eigenvalue weighted by Gasteiger charge is -2.35. The minimum absolute atomic E-state index is 0.122. The number of aliphatic hydroxyl groups is 1. The van der Waals surface area contributed by atoms with Crippen molar-refractivity contribution in [2.45, 2.75) is 44.2 Å². The molecule has 1 saturated carbocycles. The lowest BCUT2D eigenvalue weighted by molar-refractivity contribution is -0.112. The molecule has 0 aromatic rings. The Morgan fingerprint density at radius 1 is 1.14 bits per heavy atom. The van der Waals surface area contributed by atoms with Crippen molar-refractivity contribution in [3.63, 3.8) is 0 Å². The lowest BCUT2D eigenvalue weighted by atomic mass is 9.96. The van der Waals surface area contributed by atoms with Gasteiger partial charge in [-0.3, -0.25) is 4.90 Å². The van der Waals surface area contributed by atoms with E-state index >= 15 is 0 Å². The fraction of sp³-hybridized carbons (Fsp3) is 0.909. The number of nitrogens with zero attached hydrogens (tertiary/aromatic N) is 1. The zero-order valence-corrected chi connectivity index (χ0v) is 8.56. The first-order valence-corrected chi connectivity index (χ1v) is 5.68. The van der Waals surface area contributed by atoms with Crippen molar-refractivity contribution >= 4 is 6.29 Å². The number of aldehydes is 1. The van der Waals surface area contributed by atoms with Gasteiger partial charge in [-0.2, -0.15) is 0 Å². The van der Waals surface area contributed by atoms with Gasteiger partial charge in [0.25, 0.3) is 0 Å². The summed E-state index contributed by atoms with van der Waals surface area (Å²) < 4.78 is 0. The van der Waals surface area contributed by atoms with Crippen LogP contribution in [0.5, 0.6) is 0 Å². The Balaban J connectivity index is 1.85. The zero-order valence-electron chi connectivity index (χ0n) is 8.56. The van der Waals surface area contributed by atoms with Gasteiger partial charge in [-0.1, -0.05) is 0 Å². The van der Waals surface area contributed by atoms with E-state index in [1.807, 2.05) is 0 Å². The summed E-state index contributed by atoms with van der Waals surface area (Å²) in [6.45, 7) is 1.98. The third-order valence-electron chi connectivity index (χ3n) is 3.68. The summed E-state index contributed by atoms with van der Waals surface area (Å²) in [4.78, 5) is 13.0. The highest BCUT2D eigenvalue weighted by Crippen LogP contribution is 2.27. The van der Waals surface area contributed by atoms with Crippen molar-refractivity contribution in [1.82, 2.24) is 4.90 Å². The Labute approximate surface area is 85.1 Å². The Morgan fingerprint density at radius 3 is 2.36 bits per heavy atom. The standard InChI is InChI=1S/C11H19NO2/c13-8-9-4-6-12(7-5-9)10-2-1-3-11(10)14/h8-11,14H,1-7H2. The summed E-state index contributed by atoms with van der Waals surface area (Å²) in [5.41, 5.74) is 0. The van der Waals surface area contributed by atoms with Gasteiger partial charge in [-0.05, 0) is 45.2 Å². The number of carbonyl (C=O) groups is 1. The molecule has 1 saturated heterocycles. The van der Waals surface area contributed by atoms with E-state index in [1.54, 1.807) is 0 Å². The molecule has 1 N–H and O–H groups in total. The molecule has 0 amide bonds. The molecule has 0 bridgehead atoms. The summed E-state index contributed by atoms with van der Waals surface area (Å²) in [5, 5.41) is 9.75. The normalized spacial score (nSPS) is 36.1. The summed E-state index contributed by atoms with van der Waals surface area (Å²) in [5.74, 6) is 0.268. The molecular weight excluding hydrogens is 178 g/mol. The van der Waals surface area contributed by atoms with E-state index in [1.165, 1.54) is 0 Å². The molecular formula is C11H19NO2. The molecule has 14 heavy (non-hydrogen) atoms. The monoisotopic (exact) mass is 197 g/mol. The number of hydrogen-bond acceptors (Lipinski definition) is 3. The molecule has 1 aliphatic carbocycles. The number of rotatable bonds is 2. The molecule has 0 radical (unpaired) electrons. The summed E-state index contributed by atoms with van der Waals surface area (Å²) in [6, 6.07) is 0.377. The Hall–Kier alpha value is -0.410. The van der Waals surface area contributed by atoms with Crippen LogP contribution < -0.4 is 0 Å². The molecule has 80 valence electrons. The molecule has 3 heteroatoms.